The van der Waals surface area contributed by atoms with E-state index in [4.69, 9.17) is 0 Å². The van der Waals surface area contributed by atoms with Crippen LogP contribution in [0.25, 0.3) is 11.0 Å². The fourth-order valence-electron chi connectivity index (χ4n) is 2.38. The third-order valence-electron chi connectivity index (χ3n) is 3.66. The Bertz CT molecular complexity index is 832. The smallest absolute Gasteiger partial charge is 0.232 e. The van der Waals surface area contributed by atoms with Crippen molar-refractivity contribution in [2.24, 2.45) is 0 Å². The van der Waals surface area contributed by atoms with E-state index in [1.807, 2.05) is 43.3 Å². The summed E-state index contributed by atoms with van der Waals surface area (Å²) in [5.41, 5.74) is 3.31. The Morgan fingerprint density at radius 2 is 1.73 bits per heavy atom. The molecule has 4 nitrogen and oxygen atoms in total. The summed E-state index contributed by atoms with van der Waals surface area (Å²) in [6.07, 6.45) is 1.89. The van der Waals surface area contributed by atoms with Gasteiger partial charge in [0.05, 0.1) is 11.0 Å². The number of nitrogens with zero attached hydrogens (tertiary/aromatic N) is 2. The molecule has 0 aliphatic heterocycles. The zero-order valence-electron chi connectivity index (χ0n) is 12.3. The van der Waals surface area contributed by atoms with Crippen LogP contribution >= 0.6 is 0 Å². The number of para-hydroxylation sites is 2. The van der Waals surface area contributed by atoms with E-state index in [0.717, 1.165) is 16.6 Å². The molecule has 0 N–H and O–H groups in total. The lowest BCUT2D eigenvalue weighted by atomic mass is 10.0. The molecular formula is C18H16N2O2. The van der Waals surface area contributed by atoms with E-state index in [-0.39, 0.29) is 24.5 Å². The number of benzene rings is 2. The first kappa shape index (κ1) is 14.2. The third kappa shape index (κ3) is 2.81. The van der Waals surface area contributed by atoms with Gasteiger partial charge in [0.15, 0.2) is 5.78 Å². The molecule has 0 unspecified atom stereocenters. The molecule has 3 aromatic rings. The van der Waals surface area contributed by atoms with Gasteiger partial charge in [-0.2, -0.15) is 0 Å². The Morgan fingerprint density at radius 1 is 1.00 bits per heavy atom. The van der Waals surface area contributed by atoms with Crippen LogP contribution in [0.1, 0.15) is 33.6 Å². The van der Waals surface area contributed by atoms with Gasteiger partial charge in [0.25, 0.3) is 0 Å². The van der Waals surface area contributed by atoms with Crippen molar-refractivity contribution in [2.45, 2.75) is 19.8 Å². The summed E-state index contributed by atoms with van der Waals surface area (Å²) >= 11 is 0. The molecule has 1 heterocycles. The van der Waals surface area contributed by atoms with E-state index >= 15 is 0 Å². The van der Waals surface area contributed by atoms with Crippen LogP contribution in [0.3, 0.4) is 0 Å². The number of ketones is 1. The molecule has 0 atom stereocenters. The summed E-state index contributed by atoms with van der Waals surface area (Å²) in [6, 6.07) is 14.9. The van der Waals surface area contributed by atoms with Gasteiger partial charge in [-0.3, -0.25) is 14.2 Å². The standard InChI is InChI=1S/C18H16N2O2/c1-13-6-8-14(9-7-13)17(21)10-11-18(22)20-12-19-15-4-2-3-5-16(15)20/h2-9,12H,10-11H2,1H3. The minimum absolute atomic E-state index is 0.0160. The molecule has 0 aliphatic carbocycles. The normalized spacial score (nSPS) is 10.8. The van der Waals surface area contributed by atoms with Crippen molar-refractivity contribution >= 4 is 22.7 Å². The van der Waals surface area contributed by atoms with Crippen LogP contribution in [-0.2, 0) is 0 Å². The van der Waals surface area contributed by atoms with Gasteiger partial charge in [-0.25, -0.2) is 4.98 Å². The van der Waals surface area contributed by atoms with E-state index in [2.05, 4.69) is 4.98 Å². The number of imidazole rings is 1. The van der Waals surface area contributed by atoms with Gasteiger partial charge >= 0.3 is 0 Å². The number of fused-ring (bicyclic) bond motifs is 1. The lowest BCUT2D eigenvalue weighted by molar-refractivity contribution is 0.0867. The molecule has 3 rings (SSSR count). The molecule has 0 fully saturated rings. The third-order valence-corrected chi connectivity index (χ3v) is 3.66. The predicted octanol–water partition coefficient (Wildman–Crippen LogP) is 3.65. The molecule has 0 saturated heterocycles. The molecule has 0 aliphatic rings. The van der Waals surface area contributed by atoms with Crippen LogP contribution in [0.15, 0.2) is 54.9 Å². The zero-order chi connectivity index (χ0) is 15.5. The highest BCUT2D eigenvalue weighted by atomic mass is 16.2. The van der Waals surface area contributed by atoms with Crippen molar-refractivity contribution in [2.75, 3.05) is 0 Å². The minimum Gasteiger partial charge on any atom is -0.294 e. The molecule has 0 amide bonds. The molecule has 1 aromatic heterocycles. The summed E-state index contributed by atoms with van der Waals surface area (Å²) in [7, 11) is 0. The van der Waals surface area contributed by atoms with Crippen LogP contribution in [0.2, 0.25) is 0 Å². The monoisotopic (exact) mass is 292 g/mol. The maximum absolute atomic E-state index is 12.3. The molecule has 110 valence electrons. The number of rotatable bonds is 4. The number of carbonyl (C=O) groups is 2. The van der Waals surface area contributed by atoms with Crippen molar-refractivity contribution in [3.63, 3.8) is 0 Å². The molecule has 22 heavy (non-hydrogen) atoms. The SMILES string of the molecule is Cc1ccc(C(=O)CCC(=O)n2cnc3ccccc32)cc1. The maximum atomic E-state index is 12.3. The van der Waals surface area contributed by atoms with Crippen molar-refractivity contribution < 1.29 is 9.59 Å². The molecular weight excluding hydrogens is 276 g/mol. The maximum Gasteiger partial charge on any atom is 0.232 e. The average molecular weight is 292 g/mol. The highest BCUT2D eigenvalue weighted by Crippen LogP contribution is 2.14. The molecule has 4 heteroatoms. The quantitative estimate of drug-likeness (QED) is 0.690. The molecule has 0 spiro atoms. The number of carbonyl (C=O) groups excluding carboxylic acids is 2. The second kappa shape index (κ2) is 5.93. The number of hydrogen-bond donors (Lipinski definition) is 0. The average Bonchev–Trinajstić information content (AvgIpc) is 2.97. The van der Waals surface area contributed by atoms with E-state index in [1.54, 1.807) is 12.1 Å². The van der Waals surface area contributed by atoms with Gasteiger partial charge in [0, 0.05) is 18.4 Å². The summed E-state index contributed by atoms with van der Waals surface area (Å²) < 4.78 is 1.51. The van der Waals surface area contributed by atoms with Gasteiger partial charge < -0.3 is 0 Å². The zero-order valence-corrected chi connectivity index (χ0v) is 12.3. The lowest BCUT2D eigenvalue weighted by Gasteiger charge is -2.04. The molecule has 0 saturated carbocycles. The second-order valence-electron chi connectivity index (χ2n) is 5.29. The van der Waals surface area contributed by atoms with Gasteiger partial charge in [-0.05, 0) is 19.1 Å². The van der Waals surface area contributed by atoms with Crippen LogP contribution in [0.5, 0.6) is 0 Å². The summed E-state index contributed by atoms with van der Waals surface area (Å²) in [5, 5.41) is 0. The van der Waals surface area contributed by atoms with Gasteiger partial charge in [0.2, 0.25) is 5.91 Å². The van der Waals surface area contributed by atoms with E-state index < -0.39 is 0 Å². The molecule has 0 radical (unpaired) electrons. The van der Waals surface area contributed by atoms with Gasteiger partial charge in [-0.1, -0.05) is 42.0 Å². The largest absolute Gasteiger partial charge is 0.294 e. The van der Waals surface area contributed by atoms with Crippen LogP contribution in [0.4, 0.5) is 0 Å². The number of aromatic nitrogens is 2. The van der Waals surface area contributed by atoms with Gasteiger partial charge in [-0.15, -0.1) is 0 Å². The van der Waals surface area contributed by atoms with Crippen molar-refractivity contribution in [3.8, 4) is 0 Å². The van der Waals surface area contributed by atoms with Crippen molar-refractivity contribution in [1.82, 2.24) is 9.55 Å². The molecule has 2 aromatic carbocycles. The van der Waals surface area contributed by atoms with Crippen LogP contribution in [-0.4, -0.2) is 21.2 Å². The molecule has 0 bridgehead atoms. The van der Waals surface area contributed by atoms with E-state index in [9.17, 15) is 9.59 Å². The van der Waals surface area contributed by atoms with Gasteiger partial charge in [0.1, 0.15) is 6.33 Å². The van der Waals surface area contributed by atoms with Crippen molar-refractivity contribution in [3.05, 3.63) is 66.0 Å². The highest BCUT2D eigenvalue weighted by molar-refractivity contribution is 5.99. The summed E-state index contributed by atoms with van der Waals surface area (Å²) in [4.78, 5) is 28.6. The first-order valence-corrected chi connectivity index (χ1v) is 7.20. The summed E-state index contributed by atoms with van der Waals surface area (Å²) in [6.45, 7) is 1.97. The Balaban J connectivity index is 1.70. The van der Waals surface area contributed by atoms with E-state index in [0.29, 0.717) is 5.56 Å². The Labute approximate surface area is 128 Å². The first-order valence-electron chi connectivity index (χ1n) is 7.20. The first-order chi connectivity index (χ1) is 10.6. The summed E-state index contributed by atoms with van der Waals surface area (Å²) in [5.74, 6) is -0.132. The minimum atomic E-state index is -0.117. The lowest BCUT2D eigenvalue weighted by Crippen LogP contribution is -2.11. The van der Waals surface area contributed by atoms with Crippen LogP contribution < -0.4 is 0 Å². The topological polar surface area (TPSA) is 52.0 Å². The number of aryl methyl sites for hydroxylation is 1. The predicted molar refractivity (Wildman–Crippen MR) is 85.1 cm³/mol. The fraction of sp³-hybridized carbons (Fsp3) is 0.167. The number of Topliss-reactive ketones (excluding diaryl/α,β-unsaturated/α-hetero) is 1. The highest BCUT2D eigenvalue weighted by Gasteiger charge is 2.13. The number of hydrogen-bond acceptors (Lipinski definition) is 3. The Morgan fingerprint density at radius 3 is 2.50 bits per heavy atom. The van der Waals surface area contributed by atoms with Crippen LogP contribution in [0, 0.1) is 6.92 Å². The van der Waals surface area contributed by atoms with E-state index in [1.165, 1.54) is 10.9 Å². The van der Waals surface area contributed by atoms with Crippen molar-refractivity contribution in [1.29, 1.82) is 0 Å². The Hall–Kier alpha value is -2.75. The fourth-order valence-corrected chi connectivity index (χ4v) is 2.38. The second-order valence-corrected chi connectivity index (χ2v) is 5.29. The Kier molecular flexibility index (Phi) is 3.83.